The molecule has 0 atom stereocenters. The molecule has 0 unspecified atom stereocenters. The number of esters is 1. The van der Waals surface area contributed by atoms with E-state index in [2.05, 4.69) is 22.4 Å². The second-order valence-corrected chi connectivity index (χ2v) is 7.51. The minimum atomic E-state index is -0.362. The largest absolute Gasteiger partial charge is 0.456 e. The van der Waals surface area contributed by atoms with Crippen molar-refractivity contribution in [1.29, 1.82) is 0 Å². The average molecular weight is 397 g/mol. The van der Waals surface area contributed by atoms with Gasteiger partial charge in [-0.1, -0.05) is 48.5 Å². The summed E-state index contributed by atoms with van der Waals surface area (Å²) < 4.78 is 5.07. The fourth-order valence-corrected chi connectivity index (χ4v) is 3.69. The van der Waals surface area contributed by atoms with E-state index >= 15 is 0 Å². The zero-order chi connectivity index (χ0) is 19.6. The maximum atomic E-state index is 11.9. The normalized spacial score (nSPS) is 10.7. The lowest BCUT2D eigenvalue weighted by Gasteiger charge is -2.07. The van der Waals surface area contributed by atoms with Crippen molar-refractivity contribution in [3.8, 4) is 0 Å². The molecule has 0 aliphatic rings. The van der Waals surface area contributed by atoms with Gasteiger partial charge in [-0.25, -0.2) is 0 Å². The van der Waals surface area contributed by atoms with Gasteiger partial charge in [-0.2, -0.15) is 11.8 Å². The number of aryl methyl sites for hydroxylation is 1. The molecule has 0 saturated heterocycles. The maximum Gasteiger partial charge on any atom is 0.306 e. The first-order valence-electron chi connectivity index (χ1n) is 9.31. The van der Waals surface area contributed by atoms with Crippen LogP contribution < -0.4 is 5.32 Å². The molecule has 0 saturated carbocycles. The second-order valence-electron chi connectivity index (χ2n) is 6.41. The number of aromatic amines is 1. The summed E-state index contributed by atoms with van der Waals surface area (Å²) in [5.74, 6) is 1.11. The predicted octanol–water partition coefficient (Wildman–Crippen LogP) is 3.69. The Kier molecular flexibility index (Phi) is 7.55. The minimum Gasteiger partial charge on any atom is -0.456 e. The van der Waals surface area contributed by atoms with Crippen molar-refractivity contribution in [2.24, 2.45) is 0 Å². The van der Waals surface area contributed by atoms with Crippen molar-refractivity contribution in [3.05, 3.63) is 71.9 Å². The number of nitrogens with one attached hydrogen (secondary N) is 2. The average Bonchev–Trinajstić information content (AvgIpc) is 3.14. The number of amides is 1. The van der Waals surface area contributed by atoms with Crippen molar-refractivity contribution < 1.29 is 14.3 Å². The number of fused-ring (bicyclic) bond motifs is 1. The quantitative estimate of drug-likeness (QED) is 0.405. The molecular formula is C22H24N2O3S. The minimum absolute atomic E-state index is 0.226. The van der Waals surface area contributed by atoms with Gasteiger partial charge in [-0.05, 0) is 23.6 Å². The molecule has 0 aliphatic heterocycles. The fourth-order valence-electron chi connectivity index (χ4n) is 2.87. The van der Waals surface area contributed by atoms with Crippen LogP contribution in [0, 0.1) is 0 Å². The molecule has 1 aromatic heterocycles. The van der Waals surface area contributed by atoms with Gasteiger partial charge in [0.25, 0.3) is 5.91 Å². The van der Waals surface area contributed by atoms with E-state index in [1.165, 1.54) is 5.56 Å². The molecule has 2 aromatic carbocycles. The number of carbonyl (C=O) groups excluding carboxylic acids is 2. The molecule has 2 N–H and O–H groups in total. The van der Waals surface area contributed by atoms with Gasteiger partial charge in [0.15, 0.2) is 6.61 Å². The van der Waals surface area contributed by atoms with Crippen LogP contribution in [0.3, 0.4) is 0 Å². The Labute approximate surface area is 168 Å². The Morgan fingerprint density at radius 2 is 1.82 bits per heavy atom. The molecule has 1 heterocycles. The van der Waals surface area contributed by atoms with Gasteiger partial charge in [0, 0.05) is 41.6 Å². The Bertz CT molecular complexity index is 908. The first-order chi connectivity index (χ1) is 13.7. The van der Waals surface area contributed by atoms with Crippen molar-refractivity contribution in [1.82, 2.24) is 10.3 Å². The Morgan fingerprint density at radius 1 is 1.04 bits per heavy atom. The summed E-state index contributed by atoms with van der Waals surface area (Å²) in [7, 11) is 0. The number of hydrogen-bond acceptors (Lipinski definition) is 4. The number of aromatic nitrogens is 1. The lowest BCUT2D eigenvalue weighted by atomic mass is 10.1. The van der Waals surface area contributed by atoms with E-state index in [0.717, 1.165) is 28.0 Å². The third kappa shape index (κ3) is 6.16. The molecule has 6 heteroatoms. The van der Waals surface area contributed by atoms with Crippen LogP contribution >= 0.6 is 11.8 Å². The lowest BCUT2D eigenvalue weighted by molar-refractivity contribution is -0.148. The molecule has 0 spiro atoms. The van der Waals surface area contributed by atoms with Crippen LogP contribution in [0.2, 0.25) is 0 Å². The molecule has 5 nitrogen and oxygen atoms in total. The number of rotatable bonds is 10. The third-order valence-electron chi connectivity index (χ3n) is 4.32. The second kappa shape index (κ2) is 10.6. The van der Waals surface area contributed by atoms with E-state index in [1.807, 2.05) is 48.7 Å². The molecule has 0 fully saturated rings. The van der Waals surface area contributed by atoms with Crippen LogP contribution in [0.4, 0.5) is 0 Å². The Hall–Kier alpha value is -2.73. The Morgan fingerprint density at radius 3 is 2.68 bits per heavy atom. The summed E-state index contributed by atoms with van der Waals surface area (Å²) in [6.45, 7) is 0.333. The number of hydrogen-bond donors (Lipinski definition) is 2. The van der Waals surface area contributed by atoms with Gasteiger partial charge in [-0.15, -0.1) is 0 Å². The molecule has 28 heavy (non-hydrogen) atoms. The fraction of sp³-hybridized carbons (Fsp3) is 0.273. The number of H-pyrrole nitrogens is 1. The van der Waals surface area contributed by atoms with Gasteiger partial charge < -0.3 is 15.0 Å². The van der Waals surface area contributed by atoms with E-state index in [0.29, 0.717) is 13.0 Å². The highest BCUT2D eigenvalue weighted by Gasteiger charge is 2.10. The Balaban J connectivity index is 1.27. The van der Waals surface area contributed by atoms with Crippen LogP contribution in [0.25, 0.3) is 10.9 Å². The molecule has 3 rings (SSSR count). The molecule has 146 valence electrons. The molecular weight excluding hydrogens is 372 g/mol. The first kappa shape index (κ1) is 20.0. The van der Waals surface area contributed by atoms with Gasteiger partial charge in [-0.3, -0.25) is 9.59 Å². The monoisotopic (exact) mass is 396 g/mol. The van der Waals surface area contributed by atoms with Gasteiger partial charge in [0.2, 0.25) is 0 Å². The van der Waals surface area contributed by atoms with E-state index in [1.54, 1.807) is 11.8 Å². The predicted molar refractivity (Wildman–Crippen MR) is 113 cm³/mol. The summed E-state index contributed by atoms with van der Waals surface area (Å²) >= 11 is 1.75. The lowest BCUT2D eigenvalue weighted by Crippen LogP contribution is -2.30. The van der Waals surface area contributed by atoms with Crippen LogP contribution in [0.15, 0.2) is 60.8 Å². The van der Waals surface area contributed by atoms with Crippen molar-refractivity contribution in [3.63, 3.8) is 0 Å². The summed E-state index contributed by atoms with van der Waals surface area (Å²) in [6, 6.07) is 18.2. The van der Waals surface area contributed by atoms with E-state index in [4.69, 9.17) is 4.74 Å². The maximum absolute atomic E-state index is 11.9. The van der Waals surface area contributed by atoms with Crippen LogP contribution in [-0.4, -0.2) is 35.8 Å². The highest BCUT2D eigenvalue weighted by atomic mass is 32.2. The van der Waals surface area contributed by atoms with E-state index in [-0.39, 0.29) is 24.9 Å². The summed E-state index contributed by atoms with van der Waals surface area (Å²) in [6.07, 6.45) is 2.75. The number of benzene rings is 2. The SMILES string of the molecule is O=C(COC(=O)CCc1c[nH]c2ccccc12)NCCSCc1ccccc1. The standard InChI is InChI=1S/C22H24N2O3S/c25-21(23-12-13-28-16-17-6-2-1-3-7-17)15-27-22(26)11-10-18-14-24-20-9-5-4-8-19(18)20/h1-9,14,24H,10-13,15-16H2,(H,23,25). The first-order valence-corrected chi connectivity index (χ1v) is 10.5. The number of thioether (sulfide) groups is 1. The summed E-state index contributed by atoms with van der Waals surface area (Å²) in [5, 5.41) is 3.89. The molecule has 1 amide bonds. The van der Waals surface area contributed by atoms with Crippen LogP contribution in [0.5, 0.6) is 0 Å². The smallest absolute Gasteiger partial charge is 0.306 e. The van der Waals surface area contributed by atoms with E-state index in [9.17, 15) is 9.59 Å². The van der Waals surface area contributed by atoms with Crippen LogP contribution in [-0.2, 0) is 26.5 Å². The van der Waals surface area contributed by atoms with Crippen LogP contribution in [0.1, 0.15) is 17.5 Å². The summed E-state index contributed by atoms with van der Waals surface area (Å²) in [5.41, 5.74) is 3.39. The van der Waals surface area contributed by atoms with Gasteiger partial charge in [0.05, 0.1) is 0 Å². The number of ether oxygens (including phenoxy) is 1. The van der Waals surface area contributed by atoms with Gasteiger partial charge >= 0.3 is 5.97 Å². The van der Waals surface area contributed by atoms with E-state index < -0.39 is 0 Å². The highest BCUT2D eigenvalue weighted by Crippen LogP contribution is 2.19. The molecule has 0 aliphatic carbocycles. The van der Waals surface area contributed by atoms with Gasteiger partial charge in [0.1, 0.15) is 0 Å². The number of carbonyl (C=O) groups is 2. The highest BCUT2D eigenvalue weighted by molar-refractivity contribution is 7.98. The molecule has 0 radical (unpaired) electrons. The zero-order valence-electron chi connectivity index (χ0n) is 15.6. The molecule has 0 bridgehead atoms. The zero-order valence-corrected chi connectivity index (χ0v) is 16.5. The van der Waals surface area contributed by atoms with Crippen molar-refractivity contribution in [2.45, 2.75) is 18.6 Å². The van der Waals surface area contributed by atoms with Crippen molar-refractivity contribution in [2.75, 3.05) is 18.9 Å². The summed E-state index contributed by atoms with van der Waals surface area (Å²) in [4.78, 5) is 26.9. The molecule has 3 aromatic rings. The third-order valence-corrected chi connectivity index (χ3v) is 5.35. The van der Waals surface area contributed by atoms with Crippen molar-refractivity contribution >= 4 is 34.5 Å². The topological polar surface area (TPSA) is 71.2 Å². The number of para-hydroxylation sites is 1.